The first kappa shape index (κ1) is 20.1. The van der Waals surface area contributed by atoms with Gasteiger partial charge in [-0.25, -0.2) is 0 Å². The van der Waals surface area contributed by atoms with Gasteiger partial charge in [0.25, 0.3) is 10.1 Å². The highest BCUT2D eigenvalue weighted by Gasteiger charge is 2.22. The Morgan fingerprint density at radius 1 is 1.21 bits per heavy atom. The second-order valence-electron chi connectivity index (χ2n) is 5.89. The molecule has 1 N–H and O–H groups in total. The molecule has 7 nitrogen and oxygen atoms in total. The summed E-state index contributed by atoms with van der Waals surface area (Å²) in [7, 11) is -4.20. The van der Waals surface area contributed by atoms with Crippen LogP contribution in [0.1, 0.15) is 5.56 Å². The molecule has 148 valence electrons. The molecule has 3 aromatic rings. The molecule has 1 aliphatic heterocycles. The lowest BCUT2D eigenvalue weighted by molar-refractivity contribution is 0.0544. The van der Waals surface area contributed by atoms with Gasteiger partial charge in [-0.05, 0) is 42.8 Å². The molecule has 0 spiro atoms. The summed E-state index contributed by atoms with van der Waals surface area (Å²) in [4.78, 5) is 3.63. The normalized spacial score (nSPS) is 15.3. The van der Waals surface area contributed by atoms with Crippen molar-refractivity contribution in [1.29, 1.82) is 0 Å². The van der Waals surface area contributed by atoms with Crippen LogP contribution in [0.3, 0.4) is 0 Å². The fraction of sp³-hybridized carbons (Fsp3) is 0.211. The van der Waals surface area contributed by atoms with Crippen LogP contribution in [-0.2, 0) is 10.1 Å². The lowest BCUT2D eigenvalue weighted by atomic mass is 10.2. The van der Waals surface area contributed by atoms with Gasteiger partial charge >= 0.3 is 0 Å². The first-order chi connectivity index (χ1) is 13.4. The Labute approximate surface area is 167 Å². The van der Waals surface area contributed by atoms with Gasteiger partial charge in [0.05, 0.1) is 4.90 Å². The lowest BCUT2D eigenvalue weighted by Gasteiger charge is -2.24. The Bertz CT molecular complexity index is 978. The summed E-state index contributed by atoms with van der Waals surface area (Å²) in [6, 6.07) is 9.89. The van der Waals surface area contributed by atoms with Crippen molar-refractivity contribution < 1.29 is 27.2 Å². The van der Waals surface area contributed by atoms with Crippen LogP contribution in [0.25, 0.3) is 0 Å². The summed E-state index contributed by atoms with van der Waals surface area (Å²) in [5.74, 6) is 1.99. The van der Waals surface area contributed by atoms with Crippen LogP contribution in [0.5, 0.6) is 17.2 Å². The molecule has 0 radical (unpaired) electrons. The van der Waals surface area contributed by atoms with E-state index in [0.29, 0.717) is 23.7 Å². The Balaban J connectivity index is 0.000000320. The number of benzene rings is 1. The summed E-state index contributed by atoms with van der Waals surface area (Å²) in [5.41, 5.74) is 0.614. The van der Waals surface area contributed by atoms with Gasteiger partial charge in [0.15, 0.2) is 17.6 Å². The van der Waals surface area contributed by atoms with Gasteiger partial charge in [0.1, 0.15) is 19.0 Å². The van der Waals surface area contributed by atoms with Crippen LogP contribution < -0.4 is 14.2 Å². The molecule has 0 saturated heterocycles. The number of aromatic nitrogens is 1. The number of ether oxygens (including phenoxy) is 3. The number of thiophene rings is 1. The van der Waals surface area contributed by atoms with Gasteiger partial charge in [-0.3, -0.25) is 9.54 Å². The lowest BCUT2D eigenvalue weighted by Crippen LogP contribution is -2.34. The fourth-order valence-corrected chi connectivity index (χ4v) is 3.62. The maximum atomic E-state index is 11.1. The van der Waals surface area contributed by atoms with Gasteiger partial charge in [-0.15, -0.1) is 11.3 Å². The Morgan fingerprint density at radius 2 is 1.96 bits per heavy atom. The van der Waals surface area contributed by atoms with E-state index >= 15 is 0 Å². The molecule has 9 heteroatoms. The molecule has 3 heterocycles. The maximum Gasteiger partial charge on any atom is 0.294 e. The van der Waals surface area contributed by atoms with Crippen molar-refractivity contribution in [2.75, 3.05) is 13.2 Å². The largest absolute Gasteiger partial charge is 0.489 e. The average Bonchev–Trinajstić information content (AvgIpc) is 3.16. The fourth-order valence-electron chi connectivity index (χ4n) is 2.38. The van der Waals surface area contributed by atoms with Gasteiger partial charge in [0, 0.05) is 23.2 Å². The monoisotopic (exact) mass is 421 g/mol. The third-order valence-corrected chi connectivity index (χ3v) is 5.30. The standard InChI is InChI=1S/C14H14O6S2.C5H5N/c1-9-4-11(22(15,16)17)2-3-12(9)18-5-10-6-19-13-7-21-8-14(13)20-10;1-2-4-6-5-3-1/h2-4,7-8,10H,5-6H2,1H3,(H,15,16,17);1-5H. The zero-order valence-electron chi connectivity index (χ0n) is 15.0. The van der Waals surface area contributed by atoms with E-state index in [9.17, 15) is 8.42 Å². The minimum absolute atomic E-state index is 0.155. The van der Waals surface area contributed by atoms with Crippen molar-refractivity contribution in [3.8, 4) is 17.2 Å². The first-order valence-electron chi connectivity index (χ1n) is 8.35. The highest BCUT2D eigenvalue weighted by atomic mass is 32.2. The number of pyridine rings is 1. The predicted octanol–water partition coefficient (Wildman–Crippen LogP) is 3.60. The summed E-state index contributed by atoms with van der Waals surface area (Å²) in [6.07, 6.45) is 3.27. The van der Waals surface area contributed by atoms with E-state index in [2.05, 4.69) is 4.98 Å². The molecule has 0 bridgehead atoms. The first-order valence-corrected chi connectivity index (χ1v) is 10.7. The molecule has 4 rings (SSSR count). The number of nitrogens with zero attached hydrogens (tertiary/aromatic N) is 1. The van der Waals surface area contributed by atoms with Crippen molar-refractivity contribution in [2.24, 2.45) is 0 Å². The minimum atomic E-state index is -4.20. The van der Waals surface area contributed by atoms with E-state index in [1.165, 1.54) is 29.5 Å². The number of hydrogen-bond acceptors (Lipinski definition) is 7. The third-order valence-electron chi connectivity index (χ3n) is 3.75. The average molecular weight is 421 g/mol. The highest BCUT2D eigenvalue weighted by molar-refractivity contribution is 7.85. The molecule has 2 aromatic heterocycles. The van der Waals surface area contributed by atoms with E-state index in [0.717, 1.165) is 5.75 Å². The van der Waals surface area contributed by atoms with Crippen LogP contribution >= 0.6 is 11.3 Å². The summed E-state index contributed by atoms with van der Waals surface area (Å²) < 4.78 is 48.1. The molecule has 1 unspecified atom stereocenters. The zero-order valence-corrected chi connectivity index (χ0v) is 16.7. The second-order valence-corrected chi connectivity index (χ2v) is 8.05. The highest BCUT2D eigenvalue weighted by Crippen LogP contribution is 2.35. The molecule has 28 heavy (non-hydrogen) atoms. The topological polar surface area (TPSA) is 95.0 Å². The van der Waals surface area contributed by atoms with Crippen molar-refractivity contribution in [3.63, 3.8) is 0 Å². The number of aryl methyl sites for hydroxylation is 1. The molecule has 0 aliphatic carbocycles. The van der Waals surface area contributed by atoms with Crippen LogP contribution in [-0.4, -0.2) is 37.3 Å². The summed E-state index contributed by atoms with van der Waals surface area (Å²) >= 11 is 1.51. The molecule has 1 aromatic carbocycles. The maximum absolute atomic E-state index is 11.1. The van der Waals surface area contributed by atoms with Crippen LogP contribution in [0, 0.1) is 6.92 Å². The SMILES string of the molecule is Cc1cc(S(=O)(=O)O)ccc1OCC1COc2cscc2O1.c1ccncc1. The van der Waals surface area contributed by atoms with E-state index in [1.54, 1.807) is 19.3 Å². The van der Waals surface area contributed by atoms with Gasteiger partial charge in [-0.1, -0.05) is 6.07 Å². The van der Waals surface area contributed by atoms with E-state index in [-0.39, 0.29) is 17.6 Å². The van der Waals surface area contributed by atoms with Gasteiger partial charge in [0.2, 0.25) is 0 Å². The van der Waals surface area contributed by atoms with Crippen LogP contribution in [0.4, 0.5) is 0 Å². The zero-order chi connectivity index (χ0) is 20.0. The van der Waals surface area contributed by atoms with Crippen molar-refractivity contribution in [3.05, 3.63) is 65.1 Å². The molecular formula is C19H19NO6S2. The minimum Gasteiger partial charge on any atom is -0.489 e. The van der Waals surface area contributed by atoms with Crippen LogP contribution in [0.15, 0.2) is 64.4 Å². The summed E-state index contributed by atoms with van der Waals surface area (Å²) in [5, 5.41) is 3.75. The van der Waals surface area contributed by atoms with E-state index in [1.807, 2.05) is 29.0 Å². The van der Waals surface area contributed by atoms with Gasteiger partial charge < -0.3 is 14.2 Å². The molecule has 1 aliphatic rings. The molecule has 0 fully saturated rings. The smallest absolute Gasteiger partial charge is 0.294 e. The molecule has 0 amide bonds. The van der Waals surface area contributed by atoms with Crippen molar-refractivity contribution >= 4 is 21.5 Å². The van der Waals surface area contributed by atoms with Crippen molar-refractivity contribution in [2.45, 2.75) is 17.9 Å². The Hall–Kier alpha value is -2.62. The second kappa shape index (κ2) is 9.05. The predicted molar refractivity (Wildman–Crippen MR) is 105 cm³/mol. The summed E-state index contributed by atoms with van der Waals surface area (Å²) in [6.45, 7) is 2.38. The Kier molecular flexibility index (Phi) is 6.50. The quantitative estimate of drug-likeness (QED) is 0.643. The number of rotatable bonds is 4. The van der Waals surface area contributed by atoms with E-state index in [4.69, 9.17) is 18.8 Å². The van der Waals surface area contributed by atoms with E-state index < -0.39 is 10.1 Å². The number of fused-ring (bicyclic) bond motifs is 1. The molecular weight excluding hydrogens is 402 g/mol. The number of hydrogen-bond donors (Lipinski definition) is 1. The van der Waals surface area contributed by atoms with Crippen LogP contribution in [0.2, 0.25) is 0 Å². The van der Waals surface area contributed by atoms with Crippen molar-refractivity contribution in [1.82, 2.24) is 4.98 Å². The molecule has 1 atom stereocenters. The van der Waals surface area contributed by atoms with Gasteiger partial charge in [-0.2, -0.15) is 8.42 Å². The Morgan fingerprint density at radius 3 is 2.57 bits per heavy atom. The molecule has 0 saturated carbocycles. The third kappa shape index (κ3) is 5.44.